The van der Waals surface area contributed by atoms with Gasteiger partial charge in [-0.3, -0.25) is 4.79 Å². The van der Waals surface area contributed by atoms with E-state index in [4.69, 9.17) is 5.11 Å². The minimum absolute atomic E-state index is 0.205. The number of amides is 1. The highest BCUT2D eigenvalue weighted by Gasteiger charge is 2.18. The second-order valence-corrected chi connectivity index (χ2v) is 3.76. The SMILES string of the molecule is COC(=O)C(CNCCCCCO)NC(C)=O. The molecule has 0 aliphatic carbocycles. The Morgan fingerprint density at radius 3 is 2.53 bits per heavy atom. The molecule has 0 saturated carbocycles. The van der Waals surface area contributed by atoms with Crippen molar-refractivity contribution in [3.63, 3.8) is 0 Å². The van der Waals surface area contributed by atoms with Gasteiger partial charge in [-0.25, -0.2) is 4.79 Å². The van der Waals surface area contributed by atoms with E-state index in [9.17, 15) is 9.59 Å². The fourth-order valence-corrected chi connectivity index (χ4v) is 1.37. The number of unbranched alkanes of at least 4 members (excludes halogenated alkanes) is 2. The second-order valence-electron chi connectivity index (χ2n) is 3.76. The van der Waals surface area contributed by atoms with Gasteiger partial charge in [0.15, 0.2) is 0 Å². The number of hydrogen-bond acceptors (Lipinski definition) is 5. The number of aliphatic hydroxyl groups excluding tert-OH is 1. The summed E-state index contributed by atoms with van der Waals surface area (Å²) in [5.41, 5.74) is 0. The van der Waals surface area contributed by atoms with E-state index in [2.05, 4.69) is 15.4 Å². The van der Waals surface area contributed by atoms with E-state index in [-0.39, 0.29) is 12.5 Å². The Hall–Kier alpha value is -1.14. The molecule has 0 saturated heterocycles. The van der Waals surface area contributed by atoms with Crippen LogP contribution in [0.1, 0.15) is 26.2 Å². The summed E-state index contributed by atoms with van der Waals surface area (Å²) in [5, 5.41) is 14.2. The lowest BCUT2D eigenvalue weighted by Gasteiger charge is -2.15. The van der Waals surface area contributed by atoms with Gasteiger partial charge in [-0.2, -0.15) is 0 Å². The number of rotatable bonds is 9. The quantitative estimate of drug-likeness (QED) is 0.374. The molecule has 6 nitrogen and oxygen atoms in total. The standard InChI is InChI=1S/C11H22N2O4/c1-9(15)13-10(11(16)17-2)8-12-6-4-3-5-7-14/h10,12,14H,3-8H2,1-2H3,(H,13,15). The Labute approximate surface area is 102 Å². The number of nitrogens with one attached hydrogen (secondary N) is 2. The number of methoxy groups -OCH3 is 1. The molecule has 6 heteroatoms. The zero-order valence-corrected chi connectivity index (χ0v) is 10.5. The predicted molar refractivity (Wildman–Crippen MR) is 63.4 cm³/mol. The highest BCUT2D eigenvalue weighted by molar-refractivity contribution is 5.83. The first-order valence-corrected chi connectivity index (χ1v) is 5.78. The van der Waals surface area contributed by atoms with Crippen molar-refractivity contribution in [3.8, 4) is 0 Å². The molecule has 0 aromatic heterocycles. The topological polar surface area (TPSA) is 87.7 Å². The van der Waals surface area contributed by atoms with Gasteiger partial charge in [0.1, 0.15) is 6.04 Å². The molecular weight excluding hydrogens is 224 g/mol. The van der Waals surface area contributed by atoms with Crippen molar-refractivity contribution >= 4 is 11.9 Å². The summed E-state index contributed by atoms with van der Waals surface area (Å²) in [7, 11) is 1.29. The predicted octanol–water partition coefficient (Wildman–Crippen LogP) is -0.584. The maximum absolute atomic E-state index is 11.3. The van der Waals surface area contributed by atoms with E-state index >= 15 is 0 Å². The fourth-order valence-electron chi connectivity index (χ4n) is 1.37. The summed E-state index contributed by atoms with van der Waals surface area (Å²) in [4.78, 5) is 22.2. The van der Waals surface area contributed by atoms with Gasteiger partial charge in [-0.15, -0.1) is 0 Å². The van der Waals surface area contributed by atoms with Gasteiger partial charge < -0.3 is 20.5 Å². The molecule has 1 atom stereocenters. The number of carbonyl (C=O) groups excluding carboxylic acids is 2. The lowest BCUT2D eigenvalue weighted by molar-refractivity contribution is -0.144. The largest absolute Gasteiger partial charge is 0.467 e. The Morgan fingerprint density at radius 1 is 1.29 bits per heavy atom. The Bertz CT molecular complexity index is 234. The van der Waals surface area contributed by atoms with Crippen LogP contribution in [0.4, 0.5) is 0 Å². The highest BCUT2D eigenvalue weighted by atomic mass is 16.5. The van der Waals surface area contributed by atoms with Crippen LogP contribution < -0.4 is 10.6 Å². The van der Waals surface area contributed by atoms with Crippen molar-refractivity contribution in [3.05, 3.63) is 0 Å². The minimum Gasteiger partial charge on any atom is -0.467 e. The summed E-state index contributed by atoms with van der Waals surface area (Å²) in [5.74, 6) is -0.717. The monoisotopic (exact) mass is 246 g/mol. The minimum atomic E-state index is -0.643. The smallest absolute Gasteiger partial charge is 0.329 e. The number of aliphatic hydroxyl groups is 1. The first-order valence-electron chi connectivity index (χ1n) is 5.78. The number of carbonyl (C=O) groups is 2. The molecule has 0 heterocycles. The van der Waals surface area contributed by atoms with E-state index in [0.29, 0.717) is 6.54 Å². The molecule has 0 radical (unpaired) electrons. The summed E-state index contributed by atoms with van der Waals surface area (Å²) in [6.07, 6.45) is 2.65. The zero-order valence-electron chi connectivity index (χ0n) is 10.5. The molecule has 0 aliphatic rings. The third-order valence-corrected chi connectivity index (χ3v) is 2.22. The van der Waals surface area contributed by atoms with Crippen molar-refractivity contribution < 1.29 is 19.4 Å². The molecule has 0 aromatic carbocycles. The van der Waals surface area contributed by atoms with Crippen molar-refractivity contribution in [1.82, 2.24) is 10.6 Å². The number of hydrogen-bond donors (Lipinski definition) is 3. The Kier molecular flexibility index (Phi) is 9.37. The molecule has 1 amide bonds. The molecule has 3 N–H and O–H groups in total. The molecule has 0 aliphatic heterocycles. The number of ether oxygens (including phenoxy) is 1. The molecule has 1 unspecified atom stereocenters. The Morgan fingerprint density at radius 2 is 2.00 bits per heavy atom. The summed E-state index contributed by atoms with van der Waals surface area (Å²) < 4.78 is 4.58. The van der Waals surface area contributed by atoms with Crippen molar-refractivity contribution in [1.29, 1.82) is 0 Å². The molecule has 0 fully saturated rings. The lowest BCUT2D eigenvalue weighted by atomic mass is 10.2. The van der Waals surface area contributed by atoms with Gasteiger partial charge in [0.05, 0.1) is 7.11 Å². The van der Waals surface area contributed by atoms with E-state index in [1.165, 1.54) is 14.0 Å². The third kappa shape index (κ3) is 8.65. The summed E-state index contributed by atoms with van der Waals surface area (Å²) in [6, 6.07) is -0.643. The van der Waals surface area contributed by atoms with Crippen LogP contribution >= 0.6 is 0 Å². The normalized spacial score (nSPS) is 11.9. The summed E-state index contributed by atoms with van der Waals surface area (Å²) >= 11 is 0. The van der Waals surface area contributed by atoms with E-state index in [1.54, 1.807) is 0 Å². The average molecular weight is 246 g/mol. The summed E-state index contributed by atoms with van der Waals surface area (Å²) in [6.45, 7) is 2.66. The molecule has 0 spiro atoms. The second kappa shape index (κ2) is 10.0. The van der Waals surface area contributed by atoms with Crippen molar-refractivity contribution in [2.24, 2.45) is 0 Å². The molecule has 0 rings (SSSR count). The first kappa shape index (κ1) is 15.9. The lowest BCUT2D eigenvalue weighted by Crippen LogP contribution is -2.47. The van der Waals surface area contributed by atoms with E-state index in [0.717, 1.165) is 25.8 Å². The van der Waals surface area contributed by atoms with Crippen LogP contribution in [-0.2, 0) is 14.3 Å². The Balaban J connectivity index is 3.76. The highest BCUT2D eigenvalue weighted by Crippen LogP contribution is 1.93. The van der Waals surface area contributed by atoms with Crippen LogP contribution in [0.25, 0.3) is 0 Å². The maximum atomic E-state index is 11.3. The van der Waals surface area contributed by atoms with Gasteiger partial charge in [-0.05, 0) is 25.8 Å². The number of esters is 1. The van der Waals surface area contributed by atoms with Crippen LogP contribution in [-0.4, -0.2) is 49.8 Å². The molecule has 0 bridgehead atoms. The van der Waals surface area contributed by atoms with Crippen molar-refractivity contribution in [2.45, 2.75) is 32.2 Å². The third-order valence-electron chi connectivity index (χ3n) is 2.22. The van der Waals surface area contributed by atoms with E-state index in [1.807, 2.05) is 0 Å². The zero-order chi connectivity index (χ0) is 13.1. The van der Waals surface area contributed by atoms with Crippen LogP contribution in [0.15, 0.2) is 0 Å². The van der Waals surface area contributed by atoms with Crippen LogP contribution in [0.3, 0.4) is 0 Å². The first-order chi connectivity index (χ1) is 8.11. The molecule has 100 valence electrons. The molecular formula is C11H22N2O4. The maximum Gasteiger partial charge on any atom is 0.329 e. The van der Waals surface area contributed by atoms with Gasteiger partial charge in [0.25, 0.3) is 0 Å². The van der Waals surface area contributed by atoms with E-state index < -0.39 is 12.0 Å². The van der Waals surface area contributed by atoms with Gasteiger partial charge in [0.2, 0.25) is 5.91 Å². The van der Waals surface area contributed by atoms with Crippen LogP contribution in [0, 0.1) is 0 Å². The molecule has 17 heavy (non-hydrogen) atoms. The van der Waals surface area contributed by atoms with Gasteiger partial charge in [-0.1, -0.05) is 0 Å². The molecule has 0 aromatic rings. The van der Waals surface area contributed by atoms with Gasteiger partial charge >= 0.3 is 5.97 Å². The van der Waals surface area contributed by atoms with Gasteiger partial charge in [0, 0.05) is 20.1 Å². The van der Waals surface area contributed by atoms with Crippen LogP contribution in [0.5, 0.6) is 0 Å². The van der Waals surface area contributed by atoms with Crippen LogP contribution in [0.2, 0.25) is 0 Å². The fraction of sp³-hybridized carbons (Fsp3) is 0.818. The average Bonchev–Trinajstić information content (AvgIpc) is 2.30. The van der Waals surface area contributed by atoms with Crippen molar-refractivity contribution in [2.75, 3.05) is 26.8 Å².